The Kier molecular flexibility index (Phi) is 12.0. The van der Waals surface area contributed by atoms with E-state index < -0.39 is 0 Å². The van der Waals surface area contributed by atoms with Crippen molar-refractivity contribution in [3.8, 4) is 0 Å². The topological polar surface area (TPSA) is 30.0 Å². The molecule has 0 unspecified atom stereocenters. The molecule has 0 aromatic heterocycles. The van der Waals surface area contributed by atoms with Gasteiger partial charge in [0.05, 0.1) is 49.3 Å². The molecule has 1 rings (SSSR count). The average molecular weight is 321 g/mol. The molecule has 0 saturated carbocycles. The van der Waals surface area contributed by atoms with Crippen LogP contribution in [0.15, 0.2) is 30.3 Å². The number of benzene rings is 1. The molecule has 1 N–H and O–H groups in total. The van der Waals surface area contributed by atoms with Gasteiger partial charge in [0.15, 0.2) is 0 Å². The summed E-state index contributed by atoms with van der Waals surface area (Å²) >= 11 is 0. The first-order valence-electron chi connectivity index (χ1n) is 5.71. The van der Waals surface area contributed by atoms with Crippen molar-refractivity contribution in [1.29, 1.82) is 0 Å². The molecule has 0 aliphatic heterocycles. The van der Waals surface area contributed by atoms with Gasteiger partial charge in [0.25, 0.3) is 0 Å². The van der Waals surface area contributed by atoms with E-state index in [0.29, 0.717) is 0 Å². The Balaban J connectivity index is -0.000000282. The van der Waals surface area contributed by atoms with E-state index in [4.69, 9.17) is 0 Å². The zero-order valence-electron chi connectivity index (χ0n) is 12.8. The predicted molar refractivity (Wildman–Crippen MR) is 74.1 cm³/mol. The van der Waals surface area contributed by atoms with Gasteiger partial charge in [-0.1, -0.05) is 30.3 Å². The molecule has 18 heavy (non-hydrogen) atoms. The molecule has 0 saturated heterocycles. The van der Waals surface area contributed by atoms with E-state index in [9.17, 15) is 0 Å². The Bertz CT molecular complexity index is 283. The summed E-state index contributed by atoms with van der Waals surface area (Å²) < 4.78 is 1.99. The van der Waals surface area contributed by atoms with Gasteiger partial charge in [-0.25, -0.2) is 0 Å². The van der Waals surface area contributed by atoms with Gasteiger partial charge in [-0.15, -0.1) is 0 Å². The van der Waals surface area contributed by atoms with E-state index in [1.807, 2.05) is 0 Å². The summed E-state index contributed by atoms with van der Waals surface area (Å²) in [5.74, 6) is 0. The molecular weight excluding hydrogens is 292 g/mol. The minimum absolute atomic E-state index is 0. The summed E-state index contributed by atoms with van der Waals surface area (Å²) in [5, 5.41) is 0. The SMILES string of the molecule is C[N+](C)(C)C.C[N+](C)(C)Cc1ccccc1.[Br-].[OH-]. The Labute approximate surface area is 123 Å². The Hall–Kier alpha value is -0.420. The monoisotopic (exact) mass is 320 g/mol. The van der Waals surface area contributed by atoms with Crippen LogP contribution < -0.4 is 17.0 Å². The standard InChI is InChI=1S/C10H16N.C4H12N.BrH.H2O/c1-11(2,3)9-10-7-5-4-6-8-10;1-5(2,3)4;;/h4-8H,9H2,1-3H3;1-4H3;1H;1H2/q2*+1;;/p-2. The molecule has 0 atom stereocenters. The molecule has 1 aromatic rings. The number of halogens is 1. The van der Waals surface area contributed by atoms with Crippen LogP contribution in [0.5, 0.6) is 0 Å². The third kappa shape index (κ3) is 20.9. The van der Waals surface area contributed by atoms with Crippen molar-refractivity contribution >= 4 is 0 Å². The van der Waals surface area contributed by atoms with Crippen molar-refractivity contribution < 1.29 is 31.4 Å². The zero-order chi connectivity index (χ0) is 12.8. The highest BCUT2D eigenvalue weighted by molar-refractivity contribution is 5.13. The minimum Gasteiger partial charge on any atom is -1.00 e. The van der Waals surface area contributed by atoms with Crippen molar-refractivity contribution in [1.82, 2.24) is 0 Å². The van der Waals surface area contributed by atoms with E-state index in [-0.39, 0.29) is 22.5 Å². The third-order valence-corrected chi connectivity index (χ3v) is 1.50. The molecule has 108 valence electrons. The predicted octanol–water partition coefficient (Wildman–Crippen LogP) is -0.958. The molecule has 0 fully saturated rings. The van der Waals surface area contributed by atoms with Gasteiger partial charge >= 0.3 is 0 Å². The molecule has 0 amide bonds. The lowest BCUT2D eigenvalue weighted by molar-refractivity contribution is -0.884. The Morgan fingerprint density at radius 2 is 1.11 bits per heavy atom. The van der Waals surface area contributed by atoms with Crippen LogP contribution in [0, 0.1) is 0 Å². The van der Waals surface area contributed by atoms with Crippen molar-refractivity contribution in [2.24, 2.45) is 0 Å². The summed E-state index contributed by atoms with van der Waals surface area (Å²) in [6, 6.07) is 10.6. The maximum absolute atomic E-state index is 2.20. The number of nitrogens with zero attached hydrogens (tertiary/aromatic N) is 2. The Morgan fingerprint density at radius 3 is 1.39 bits per heavy atom. The number of quaternary nitrogens is 2. The van der Waals surface area contributed by atoms with Crippen LogP contribution in [0.2, 0.25) is 0 Å². The summed E-state index contributed by atoms with van der Waals surface area (Å²) in [6.45, 7) is 1.10. The normalized spacial score (nSPS) is 10.4. The van der Waals surface area contributed by atoms with Crippen LogP contribution in [0.3, 0.4) is 0 Å². The van der Waals surface area contributed by atoms with Gasteiger partial charge in [0, 0.05) is 5.56 Å². The second kappa shape index (κ2) is 9.50. The van der Waals surface area contributed by atoms with E-state index >= 15 is 0 Å². The van der Waals surface area contributed by atoms with Crippen LogP contribution in [0.4, 0.5) is 0 Å². The number of rotatable bonds is 2. The van der Waals surface area contributed by atoms with Crippen molar-refractivity contribution in [3.05, 3.63) is 35.9 Å². The first kappa shape index (κ1) is 22.7. The second-order valence-corrected chi connectivity index (χ2v) is 6.62. The quantitative estimate of drug-likeness (QED) is 0.646. The van der Waals surface area contributed by atoms with Gasteiger partial charge in [-0.2, -0.15) is 0 Å². The van der Waals surface area contributed by atoms with Gasteiger partial charge < -0.3 is 31.4 Å². The third-order valence-electron chi connectivity index (χ3n) is 1.50. The van der Waals surface area contributed by atoms with Crippen molar-refractivity contribution in [2.75, 3.05) is 49.3 Å². The first-order chi connectivity index (χ1) is 7.08. The maximum Gasteiger partial charge on any atom is 0.104 e. The van der Waals surface area contributed by atoms with Crippen molar-refractivity contribution in [2.45, 2.75) is 6.54 Å². The Morgan fingerprint density at radius 1 is 0.778 bits per heavy atom. The van der Waals surface area contributed by atoms with E-state index in [1.54, 1.807) is 0 Å². The van der Waals surface area contributed by atoms with Crippen LogP contribution in [0.25, 0.3) is 0 Å². The molecule has 0 bridgehead atoms. The lowest BCUT2D eigenvalue weighted by atomic mass is 10.2. The summed E-state index contributed by atoms with van der Waals surface area (Å²) in [5.41, 5.74) is 1.40. The molecular formula is C14H29BrN2O. The van der Waals surface area contributed by atoms with E-state index in [0.717, 1.165) is 15.5 Å². The van der Waals surface area contributed by atoms with Gasteiger partial charge in [-0.3, -0.25) is 0 Å². The van der Waals surface area contributed by atoms with Crippen LogP contribution in [0.1, 0.15) is 5.56 Å². The lowest BCUT2D eigenvalue weighted by Crippen LogP contribution is -3.00. The highest BCUT2D eigenvalue weighted by Crippen LogP contribution is 2.05. The van der Waals surface area contributed by atoms with Crippen molar-refractivity contribution in [3.63, 3.8) is 0 Å². The molecule has 0 aliphatic rings. The van der Waals surface area contributed by atoms with Gasteiger partial charge in [0.1, 0.15) is 6.54 Å². The summed E-state index contributed by atoms with van der Waals surface area (Å²) in [6.07, 6.45) is 0. The highest BCUT2D eigenvalue weighted by atomic mass is 79.9. The molecule has 4 heteroatoms. The van der Waals surface area contributed by atoms with Crippen LogP contribution in [-0.2, 0) is 6.54 Å². The maximum atomic E-state index is 2.20. The second-order valence-electron chi connectivity index (χ2n) is 6.62. The highest BCUT2D eigenvalue weighted by Gasteiger charge is 2.06. The fraction of sp³-hybridized carbons (Fsp3) is 0.571. The molecule has 0 heterocycles. The zero-order valence-corrected chi connectivity index (χ0v) is 14.4. The van der Waals surface area contributed by atoms with E-state index in [2.05, 4.69) is 79.7 Å². The van der Waals surface area contributed by atoms with Crippen LogP contribution >= 0.6 is 0 Å². The van der Waals surface area contributed by atoms with Gasteiger partial charge in [-0.05, 0) is 0 Å². The largest absolute Gasteiger partial charge is 1.00 e. The summed E-state index contributed by atoms with van der Waals surface area (Å²) in [4.78, 5) is 0. The first-order valence-corrected chi connectivity index (χ1v) is 5.71. The fourth-order valence-electron chi connectivity index (χ4n) is 1.13. The van der Waals surface area contributed by atoms with E-state index in [1.165, 1.54) is 5.56 Å². The minimum atomic E-state index is 0. The molecule has 0 radical (unpaired) electrons. The molecule has 0 aliphatic carbocycles. The summed E-state index contributed by atoms with van der Waals surface area (Å²) in [7, 11) is 15.1. The molecule has 1 aromatic carbocycles. The number of hydrogen-bond donors (Lipinski definition) is 0. The fourth-order valence-corrected chi connectivity index (χ4v) is 1.13. The lowest BCUT2D eigenvalue weighted by Gasteiger charge is -2.23. The smallest absolute Gasteiger partial charge is 0.104 e. The average Bonchev–Trinajstić information content (AvgIpc) is 1.99. The number of hydrogen-bond acceptors (Lipinski definition) is 1. The molecule has 3 nitrogen and oxygen atoms in total. The van der Waals surface area contributed by atoms with Crippen LogP contribution in [-0.4, -0.2) is 63.8 Å². The molecule has 0 spiro atoms. The van der Waals surface area contributed by atoms with Gasteiger partial charge in [0.2, 0.25) is 0 Å².